The molecule has 1 aromatic carbocycles. The van der Waals surface area contributed by atoms with Crippen molar-refractivity contribution in [1.82, 2.24) is 15.2 Å². The molecule has 0 amide bonds. The van der Waals surface area contributed by atoms with Crippen LogP contribution < -0.4 is 10.6 Å². The molecule has 0 saturated carbocycles. The molecular formula is C21H31IN4O. The normalized spacial score (nSPS) is 16.4. The van der Waals surface area contributed by atoms with Crippen molar-refractivity contribution in [2.75, 3.05) is 32.8 Å². The largest absolute Gasteiger partial charge is 0.381 e. The Morgan fingerprint density at radius 3 is 2.44 bits per heavy atom. The Morgan fingerprint density at radius 1 is 1.07 bits per heavy atom. The van der Waals surface area contributed by atoms with Gasteiger partial charge in [-0.3, -0.25) is 4.99 Å². The molecule has 5 nitrogen and oxygen atoms in total. The van der Waals surface area contributed by atoms with Gasteiger partial charge >= 0.3 is 0 Å². The molecule has 6 heteroatoms. The molecule has 148 valence electrons. The molecule has 0 spiro atoms. The molecule has 1 aliphatic rings. The van der Waals surface area contributed by atoms with Gasteiger partial charge in [0.25, 0.3) is 0 Å². The van der Waals surface area contributed by atoms with Gasteiger partial charge in [-0.05, 0) is 37.5 Å². The predicted molar refractivity (Wildman–Crippen MR) is 122 cm³/mol. The average Bonchev–Trinajstić information content (AvgIpc) is 3.21. The van der Waals surface area contributed by atoms with Crippen LogP contribution in [0.4, 0.5) is 0 Å². The molecule has 0 atom stereocenters. The summed E-state index contributed by atoms with van der Waals surface area (Å²) in [4.78, 5) is 4.93. The lowest BCUT2D eigenvalue weighted by Crippen LogP contribution is -2.42. The van der Waals surface area contributed by atoms with Gasteiger partial charge < -0.3 is 19.9 Å². The van der Waals surface area contributed by atoms with Gasteiger partial charge in [0.05, 0.1) is 6.54 Å². The van der Waals surface area contributed by atoms with E-state index in [4.69, 9.17) is 9.73 Å². The lowest BCUT2D eigenvalue weighted by Gasteiger charge is -2.36. The maximum Gasteiger partial charge on any atom is 0.191 e. The molecule has 2 heterocycles. The number of hydrogen-bond acceptors (Lipinski definition) is 2. The van der Waals surface area contributed by atoms with E-state index >= 15 is 0 Å². The molecule has 0 radical (unpaired) electrons. The van der Waals surface area contributed by atoms with Crippen LogP contribution in [0.1, 0.15) is 25.3 Å². The maximum absolute atomic E-state index is 5.62. The number of hydrogen-bond donors (Lipinski definition) is 2. The van der Waals surface area contributed by atoms with E-state index in [0.717, 1.165) is 58.2 Å². The quantitative estimate of drug-likeness (QED) is 0.362. The Morgan fingerprint density at radius 2 is 1.78 bits per heavy atom. The fourth-order valence-corrected chi connectivity index (χ4v) is 3.49. The second-order valence-corrected chi connectivity index (χ2v) is 6.80. The molecule has 27 heavy (non-hydrogen) atoms. The van der Waals surface area contributed by atoms with Gasteiger partial charge in [-0.1, -0.05) is 30.3 Å². The summed E-state index contributed by atoms with van der Waals surface area (Å²) in [6.45, 7) is 7.13. The number of aromatic nitrogens is 1. The number of benzene rings is 1. The van der Waals surface area contributed by atoms with Gasteiger partial charge in [-0.2, -0.15) is 0 Å². The summed E-state index contributed by atoms with van der Waals surface area (Å²) in [6, 6.07) is 14.9. The van der Waals surface area contributed by atoms with Crippen molar-refractivity contribution in [3.63, 3.8) is 0 Å². The minimum absolute atomic E-state index is 0. The van der Waals surface area contributed by atoms with Crippen LogP contribution in [-0.2, 0) is 16.7 Å². The van der Waals surface area contributed by atoms with E-state index in [1.807, 2.05) is 12.1 Å². The molecule has 0 aliphatic carbocycles. The van der Waals surface area contributed by atoms with Crippen LogP contribution >= 0.6 is 24.0 Å². The summed E-state index contributed by atoms with van der Waals surface area (Å²) >= 11 is 0. The van der Waals surface area contributed by atoms with Crippen molar-refractivity contribution in [3.05, 3.63) is 60.4 Å². The summed E-state index contributed by atoms with van der Waals surface area (Å²) in [5, 5.41) is 6.82. The van der Waals surface area contributed by atoms with Crippen molar-refractivity contribution >= 4 is 29.9 Å². The standard InChI is InChI=1S/C21H30N4O.HI/c1-2-22-20(23-12-15-25-13-6-7-14-25)24-18-21(10-16-26-17-11-21)19-8-4-3-5-9-19;/h3-9,13-14H,2,10-12,15-18H2,1H3,(H2,22,23,24);1H. The zero-order chi connectivity index (χ0) is 18.1. The van der Waals surface area contributed by atoms with E-state index < -0.39 is 0 Å². The third-order valence-corrected chi connectivity index (χ3v) is 5.05. The van der Waals surface area contributed by atoms with Gasteiger partial charge in [0.15, 0.2) is 5.96 Å². The van der Waals surface area contributed by atoms with Crippen molar-refractivity contribution < 1.29 is 4.74 Å². The van der Waals surface area contributed by atoms with E-state index in [0.29, 0.717) is 0 Å². The summed E-state index contributed by atoms with van der Waals surface area (Å²) in [5.41, 5.74) is 1.44. The lowest BCUT2D eigenvalue weighted by molar-refractivity contribution is 0.0531. The predicted octanol–water partition coefficient (Wildman–Crippen LogP) is 3.41. The Labute approximate surface area is 179 Å². The molecule has 3 rings (SSSR count). The molecule has 1 fully saturated rings. The van der Waals surface area contributed by atoms with Crippen LogP contribution in [0.2, 0.25) is 0 Å². The van der Waals surface area contributed by atoms with Gasteiger partial charge in [0.1, 0.15) is 0 Å². The summed E-state index contributed by atoms with van der Waals surface area (Å²) in [5.74, 6) is 0.890. The van der Waals surface area contributed by atoms with Crippen LogP contribution in [0.15, 0.2) is 59.9 Å². The molecule has 1 aromatic heterocycles. The van der Waals surface area contributed by atoms with Gasteiger partial charge in [-0.25, -0.2) is 0 Å². The van der Waals surface area contributed by atoms with Crippen molar-refractivity contribution in [2.45, 2.75) is 31.7 Å². The first-order valence-corrected chi connectivity index (χ1v) is 9.59. The first-order valence-electron chi connectivity index (χ1n) is 9.59. The zero-order valence-corrected chi connectivity index (χ0v) is 18.4. The Kier molecular flexibility index (Phi) is 9.14. The van der Waals surface area contributed by atoms with E-state index in [1.54, 1.807) is 0 Å². The highest BCUT2D eigenvalue weighted by atomic mass is 127. The number of aliphatic imine (C=N–C) groups is 1. The molecule has 1 aliphatic heterocycles. The maximum atomic E-state index is 5.62. The fraction of sp³-hybridized carbons (Fsp3) is 0.476. The first-order chi connectivity index (χ1) is 12.8. The Balaban J connectivity index is 0.00000261. The Hall–Kier alpha value is -1.54. The SMILES string of the molecule is CCNC(=NCC1(c2ccccc2)CCOCC1)NCCn1cccc1.I. The number of guanidine groups is 1. The minimum atomic E-state index is 0. The molecule has 2 N–H and O–H groups in total. The van der Waals surface area contributed by atoms with Crippen LogP contribution in [-0.4, -0.2) is 43.4 Å². The monoisotopic (exact) mass is 482 g/mol. The van der Waals surface area contributed by atoms with Gasteiger partial charge in [0, 0.05) is 50.7 Å². The second kappa shape index (κ2) is 11.3. The number of nitrogens with zero attached hydrogens (tertiary/aromatic N) is 2. The number of rotatable bonds is 7. The fourth-order valence-electron chi connectivity index (χ4n) is 3.49. The molecule has 2 aromatic rings. The van der Waals surface area contributed by atoms with Gasteiger partial charge in [0.2, 0.25) is 0 Å². The van der Waals surface area contributed by atoms with E-state index in [9.17, 15) is 0 Å². The van der Waals surface area contributed by atoms with Crippen molar-refractivity contribution in [3.8, 4) is 0 Å². The zero-order valence-electron chi connectivity index (χ0n) is 16.1. The minimum Gasteiger partial charge on any atom is -0.381 e. The molecule has 1 saturated heterocycles. The second-order valence-electron chi connectivity index (χ2n) is 6.80. The summed E-state index contributed by atoms with van der Waals surface area (Å²) < 4.78 is 7.79. The van der Waals surface area contributed by atoms with Crippen LogP contribution in [0.25, 0.3) is 0 Å². The topological polar surface area (TPSA) is 50.6 Å². The molecule has 0 bridgehead atoms. The van der Waals surface area contributed by atoms with Crippen LogP contribution in [0.3, 0.4) is 0 Å². The van der Waals surface area contributed by atoms with E-state index in [2.05, 4.69) is 64.8 Å². The van der Waals surface area contributed by atoms with Crippen molar-refractivity contribution in [2.24, 2.45) is 4.99 Å². The third kappa shape index (κ3) is 6.24. The summed E-state index contributed by atoms with van der Waals surface area (Å²) in [6.07, 6.45) is 6.20. The highest BCUT2D eigenvalue weighted by molar-refractivity contribution is 14.0. The average molecular weight is 482 g/mol. The smallest absolute Gasteiger partial charge is 0.191 e. The molecular weight excluding hydrogens is 451 g/mol. The van der Waals surface area contributed by atoms with Crippen LogP contribution in [0.5, 0.6) is 0 Å². The highest BCUT2D eigenvalue weighted by Crippen LogP contribution is 2.35. The van der Waals surface area contributed by atoms with Crippen LogP contribution in [0, 0.1) is 0 Å². The number of nitrogens with one attached hydrogen (secondary N) is 2. The van der Waals surface area contributed by atoms with E-state index in [-0.39, 0.29) is 29.4 Å². The van der Waals surface area contributed by atoms with E-state index in [1.165, 1.54) is 5.56 Å². The Bertz CT molecular complexity index is 667. The number of ether oxygens (including phenoxy) is 1. The molecule has 0 unspecified atom stereocenters. The third-order valence-electron chi connectivity index (χ3n) is 5.05. The lowest BCUT2D eigenvalue weighted by atomic mass is 9.74. The summed E-state index contributed by atoms with van der Waals surface area (Å²) in [7, 11) is 0. The first kappa shape index (κ1) is 21.8. The number of halogens is 1. The highest BCUT2D eigenvalue weighted by Gasteiger charge is 2.34. The van der Waals surface area contributed by atoms with Crippen molar-refractivity contribution in [1.29, 1.82) is 0 Å². The van der Waals surface area contributed by atoms with Gasteiger partial charge in [-0.15, -0.1) is 24.0 Å².